The number of nitrogens with zero attached hydrogens (tertiary/aromatic N) is 3. The van der Waals surface area contributed by atoms with Crippen LogP contribution in [0.4, 0.5) is 4.39 Å². The number of aliphatic imine (C=N–C) groups is 1. The summed E-state index contributed by atoms with van der Waals surface area (Å²) in [5, 5.41) is 3.18. The first-order valence-corrected chi connectivity index (χ1v) is 7.38. The predicted octanol–water partition coefficient (Wildman–Crippen LogP) is 2.49. The minimum Gasteiger partial charge on any atom is -0.353 e. The van der Waals surface area contributed by atoms with Gasteiger partial charge in [0.1, 0.15) is 12.4 Å². The molecule has 134 valence electrons. The number of carbonyl (C=O) groups is 1. The summed E-state index contributed by atoms with van der Waals surface area (Å²) >= 11 is 0. The molecule has 0 saturated carbocycles. The summed E-state index contributed by atoms with van der Waals surface area (Å²) in [6.07, 6.45) is 0. The molecule has 7 heteroatoms. The Morgan fingerprint density at radius 2 is 1.83 bits per heavy atom. The number of rotatable bonds is 6. The molecule has 1 rings (SSSR count). The molecular weight excluding hydrogens is 422 g/mol. The fourth-order valence-corrected chi connectivity index (χ4v) is 1.76. The molecule has 0 heterocycles. The van der Waals surface area contributed by atoms with E-state index in [-0.39, 0.29) is 42.2 Å². The normalized spacial score (nSPS) is 10.6. The molecule has 0 aliphatic heterocycles. The van der Waals surface area contributed by atoms with E-state index in [0.717, 1.165) is 11.1 Å². The van der Waals surface area contributed by atoms with Gasteiger partial charge in [0.05, 0.1) is 0 Å². The van der Waals surface area contributed by atoms with Gasteiger partial charge >= 0.3 is 0 Å². The van der Waals surface area contributed by atoms with Crippen LogP contribution in [0.25, 0.3) is 0 Å². The Kier molecular flexibility index (Phi) is 10.3. The van der Waals surface area contributed by atoms with E-state index in [0.29, 0.717) is 19.0 Å². The third kappa shape index (κ3) is 8.28. The van der Waals surface area contributed by atoms with E-state index in [4.69, 9.17) is 0 Å². The highest BCUT2D eigenvalue weighted by Crippen LogP contribution is 2.06. The van der Waals surface area contributed by atoms with Gasteiger partial charge < -0.3 is 15.1 Å². The monoisotopic (exact) mass is 448 g/mol. The molecule has 5 nitrogen and oxygen atoms in total. The van der Waals surface area contributed by atoms with Crippen molar-refractivity contribution in [2.24, 2.45) is 4.99 Å². The lowest BCUT2D eigenvalue weighted by Gasteiger charge is -2.23. The topological polar surface area (TPSA) is 47.9 Å². The lowest BCUT2D eigenvalue weighted by molar-refractivity contribution is -0.127. The molecule has 0 spiro atoms. The van der Waals surface area contributed by atoms with Crippen molar-refractivity contribution < 1.29 is 9.18 Å². The molecule has 0 atom stereocenters. The third-order valence-electron chi connectivity index (χ3n) is 3.11. The largest absolute Gasteiger partial charge is 0.353 e. The summed E-state index contributed by atoms with van der Waals surface area (Å²) in [6.45, 7) is 6.96. The van der Waals surface area contributed by atoms with Crippen LogP contribution in [-0.4, -0.2) is 55.9 Å². The Bertz CT molecular complexity index is 572. The Morgan fingerprint density at radius 3 is 2.33 bits per heavy atom. The number of carbonyl (C=O) groups excluding carboxylic acids is 1. The van der Waals surface area contributed by atoms with Crippen LogP contribution in [-0.2, 0) is 11.3 Å². The lowest BCUT2D eigenvalue weighted by atomic mass is 10.2. The third-order valence-corrected chi connectivity index (χ3v) is 3.11. The van der Waals surface area contributed by atoms with Gasteiger partial charge in [-0.05, 0) is 24.6 Å². The molecule has 0 bridgehead atoms. The van der Waals surface area contributed by atoms with E-state index < -0.39 is 0 Å². The molecule has 0 aliphatic carbocycles. The fraction of sp³-hybridized carbons (Fsp3) is 0.412. The summed E-state index contributed by atoms with van der Waals surface area (Å²) in [5.41, 5.74) is 1.92. The van der Waals surface area contributed by atoms with E-state index in [2.05, 4.69) is 16.9 Å². The molecule has 1 amide bonds. The zero-order valence-electron chi connectivity index (χ0n) is 14.7. The van der Waals surface area contributed by atoms with Crippen molar-refractivity contribution in [3.63, 3.8) is 0 Å². The number of halogens is 2. The smallest absolute Gasteiger partial charge is 0.243 e. The van der Waals surface area contributed by atoms with Crippen LogP contribution in [0.3, 0.4) is 0 Å². The zero-order valence-corrected chi connectivity index (χ0v) is 17.0. The number of nitrogens with one attached hydrogen (secondary N) is 1. The summed E-state index contributed by atoms with van der Waals surface area (Å²) in [6, 6.07) is 6.31. The summed E-state index contributed by atoms with van der Waals surface area (Å²) in [7, 11) is 5.26. The van der Waals surface area contributed by atoms with E-state index in [9.17, 15) is 9.18 Å². The second-order valence-electron chi connectivity index (χ2n) is 5.72. The SMILES string of the molecule is C=C(C)CNC(=NCC(=O)N(C)C)N(C)Cc1ccc(F)cc1.I. The molecule has 1 aromatic rings. The van der Waals surface area contributed by atoms with Crippen molar-refractivity contribution >= 4 is 35.8 Å². The van der Waals surface area contributed by atoms with Crippen molar-refractivity contribution in [2.75, 3.05) is 34.2 Å². The van der Waals surface area contributed by atoms with Crippen LogP contribution in [0.5, 0.6) is 0 Å². The van der Waals surface area contributed by atoms with Gasteiger partial charge in [0.15, 0.2) is 5.96 Å². The van der Waals surface area contributed by atoms with Crippen LogP contribution >= 0.6 is 24.0 Å². The molecule has 0 fully saturated rings. The second kappa shape index (κ2) is 11.0. The van der Waals surface area contributed by atoms with Gasteiger partial charge in [-0.3, -0.25) is 4.79 Å². The summed E-state index contributed by atoms with van der Waals surface area (Å²) in [4.78, 5) is 19.5. The maximum absolute atomic E-state index is 13.0. The lowest BCUT2D eigenvalue weighted by Crippen LogP contribution is -2.40. The highest BCUT2D eigenvalue weighted by Gasteiger charge is 2.09. The van der Waals surface area contributed by atoms with Crippen molar-refractivity contribution in [2.45, 2.75) is 13.5 Å². The highest BCUT2D eigenvalue weighted by atomic mass is 127. The van der Waals surface area contributed by atoms with E-state index in [1.54, 1.807) is 26.2 Å². The van der Waals surface area contributed by atoms with Crippen LogP contribution in [0.2, 0.25) is 0 Å². The van der Waals surface area contributed by atoms with Gasteiger partial charge in [-0.15, -0.1) is 24.0 Å². The van der Waals surface area contributed by atoms with Crippen LogP contribution in [0.15, 0.2) is 41.4 Å². The molecule has 0 radical (unpaired) electrons. The van der Waals surface area contributed by atoms with Crippen molar-refractivity contribution in [1.82, 2.24) is 15.1 Å². The Morgan fingerprint density at radius 1 is 1.25 bits per heavy atom. The van der Waals surface area contributed by atoms with E-state index >= 15 is 0 Å². The molecule has 1 aromatic carbocycles. The van der Waals surface area contributed by atoms with Crippen LogP contribution in [0.1, 0.15) is 12.5 Å². The van der Waals surface area contributed by atoms with E-state index in [1.807, 2.05) is 18.9 Å². The minimum absolute atomic E-state index is 0. The standard InChI is InChI=1S/C17H25FN4O.HI/c1-13(2)10-19-17(20-11-16(23)21(3)4)22(5)12-14-6-8-15(18)9-7-14;/h6-9H,1,10-12H2,2-5H3,(H,19,20);1H. The first-order chi connectivity index (χ1) is 10.8. The number of guanidine groups is 1. The molecule has 1 N–H and O–H groups in total. The molecule has 0 saturated heterocycles. The Balaban J connectivity index is 0.00000529. The summed E-state index contributed by atoms with van der Waals surface area (Å²) < 4.78 is 13.0. The Hall–Kier alpha value is -1.64. The summed E-state index contributed by atoms with van der Waals surface area (Å²) in [5.74, 6) is 0.268. The number of hydrogen-bond acceptors (Lipinski definition) is 2. The zero-order chi connectivity index (χ0) is 17.4. The van der Waals surface area contributed by atoms with Gasteiger partial charge in [0.25, 0.3) is 0 Å². The number of benzene rings is 1. The van der Waals surface area contributed by atoms with E-state index in [1.165, 1.54) is 17.0 Å². The minimum atomic E-state index is -0.262. The molecule has 0 unspecified atom stereocenters. The van der Waals surface area contributed by atoms with Crippen molar-refractivity contribution in [3.8, 4) is 0 Å². The number of likely N-dealkylation sites (N-methyl/N-ethyl adjacent to an activating group) is 1. The maximum atomic E-state index is 13.0. The first-order valence-electron chi connectivity index (χ1n) is 7.38. The van der Waals surface area contributed by atoms with Gasteiger partial charge in [-0.1, -0.05) is 24.3 Å². The average molecular weight is 448 g/mol. The van der Waals surface area contributed by atoms with Gasteiger partial charge in [-0.2, -0.15) is 0 Å². The number of hydrogen-bond donors (Lipinski definition) is 1. The van der Waals surface area contributed by atoms with Gasteiger partial charge in [0.2, 0.25) is 5.91 Å². The van der Waals surface area contributed by atoms with Crippen LogP contribution in [0, 0.1) is 5.82 Å². The number of amides is 1. The molecule has 0 aromatic heterocycles. The molecule has 24 heavy (non-hydrogen) atoms. The van der Waals surface area contributed by atoms with Gasteiger partial charge in [0, 0.05) is 34.2 Å². The Labute approximate surface area is 160 Å². The predicted molar refractivity (Wildman–Crippen MR) is 107 cm³/mol. The second-order valence-corrected chi connectivity index (χ2v) is 5.72. The quantitative estimate of drug-likeness (QED) is 0.315. The highest BCUT2D eigenvalue weighted by molar-refractivity contribution is 14.0. The maximum Gasteiger partial charge on any atom is 0.243 e. The van der Waals surface area contributed by atoms with Crippen molar-refractivity contribution in [1.29, 1.82) is 0 Å². The fourth-order valence-electron chi connectivity index (χ4n) is 1.76. The van der Waals surface area contributed by atoms with Crippen LogP contribution < -0.4 is 5.32 Å². The average Bonchev–Trinajstić information content (AvgIpc) is 2.48. The van der Waals surface area contributed by atoms with Crippen molar-refractivity contribution in [3.05, 3.63) is 47.8 Å². The van der Waals surface area contributed by atoms with Gasteiger partial charge in [-0.25, -0.2) is 9.38 Å². The molecular formula is C17H26FIN4O. The first kappa shape index (κ1) is 22.4. The molecule has 0 aliphatic rings.